The van der Waals surface area contributed by atoms with E-state index in [1.807, 2.05) is 13.8 Å². The third-order valence-corrected chi connectivity index (χ3v) is 22.6. The van der Waals surface area contributed by atoms with E-state index in [9.17, 15) is 99.4 Å². The zero-order chi connectivity index (χ0) is 86.8. The number of aliphatic hydroxyl groups excluding tert-OH is 15. The summed E-state index contributed by atoms with van der Waals surface area (Å²) in [6.45, 7) is 12.1. The molecule has 46 nitrogen and oxygen atoms in total. The molecule has 678 valence electrons. The van der Waals surface area contributed by atoms with Gasteiger partial charge < -0.3 is 173 Å². The summed E-state index contributed by atoms with van der Waals surface area (Å²) in [6.07, 6.45) is -20.0. The Bertz CT molecular complexity index is 3190. The summed E-state index contributed by atoms with van der Waals surface area (Å²) in [6, 6.07) is 0. The maximum Gasteiger partial charge on any atom is 0.325 e. The SMILES string of the molecule is CCCCCCCOC1OC(CCP(=O)(O)O)C(O)C(O)C1O.CCCCCCOC1OC(CCP(=O)(O)O)C(O)C(O)C1O.CCCCCOC1OC(CCP(=O)(O)O)C(O)C(O)C1O.CCCn1cc(COC2OC(CCP(=O)(O)O)C(O)C(O)C2O)nn1.Cc1cn(CCOC2OC(CCP(=O)(O)O)C(O)C(O)C2O)nn1. The highest BCUT2D eigenvalue weighted by atomic mass is 31.2. The second kappa shape index (κ2) is 53.3. The van der Waals surface area contributed by atoms with Crippen LogP contribution in [0.15, 0.2) is 12.4 Å². The van der Waals surface area contributed by atoms with Crippen LogP contribution in [-0.4, -0.2) is 366 Å². The van der Waals surface area contributed by atoms with Gasteiger partial charge in [0.2, 0.25) is 0 Å². The van der Waals surface area contributed by atoms with E-state index in [0.29, 0.717) is 38.6 Å². The quantitative estimate of drug-likeness (QED) is 0.0226. The molecule has 5 aliphatic rings. The van der Waals surface area contributed by atoms with E-state index in [0.717, 1.165) is 89.2 Å². The lowest BCUT2D eigenvalue weighted by Gasteiger charge is -2.40. The van der Waals surface area contributed by atoms with Gasteiger partial charge in [-0.05, 0) is 64.7 Å². The summed E-state index contributed by atoms with van der Waals surface area (Å²) in [5.74, 6) is 0. The molecule has 0 radical (unpaired) electrons. The van der Waals surface area contributed by atoms with Gasteiger partial charge in [-0.15, -0.1) is 10.2 Å². The van der Waals surface area contributed by atoms with E-state index in [-0.39, 0.29) is 45.3 Å². The van der Waals surface area contributed by atoms with Crippen molar-refractivity contribution in [3.05, 3.63) is 23.8 Å². The molecule has 2 aromatic heterocycles. The first-order chi connectivity index (χ1) is 53.7. The van der Waals surface area contributed by atoms with Crippen LogP contribution in [-0.2, 0) is 89.9 Å². The van der Waals surface area contributed by atoms with Crippen molar-refractivity contribution >= 4 is 38.0 Å². The lowest BCUT2D eigenvalue weighted by molar-refractivity contribution is -0.300. The highest BCUT2D eigenvalue weighted by molar-refractivity contribution is 7.52. The Balaban J connectivity index is 0.000000373. The Kier molecular flexibility index (Phi) is 49.7. The van der Waals surface area contributed by atoms with Gasteiger partial charge in [0.1, 0.15) is 97.3 Å². The van der Waals surface area contributed by atoms with Crippen molar-refractivity contribution in [1.82, 2.24) is 30.0 Å². The van der Waals surface area contributed by atoms with Gasteiger partial charge >= 0.3 is 38.0 Å². The molecule has 0 aromatic carbocycles. The fourth-order valence-electron chi connectivity index (χ4n) is 11.8. The van der Waals surface area contributed by atoms with Gasteiger partial charge in [-0.2, -0.15) is 0 Å². The van der Waals surface area contributed by atoms with Crippen LogP contribution in [0.5, 0.6) is 0 Å². The normalized spacial score (nSPS) is 32.2. The number of unbranched alkanes of at least 4 members (excludes halogenated alkanes) is 9. The maximum atomic E-state index is 11.0. The number of aromatic nitrogens is 6. The molecule has 0 aliphatic carbocycles. The first-order valence-electron chi connectivity index (χ1n) is 38.2. The molecule has 25 atom stereocenters. The molecule has 25 N–H and O–H groups in total. The second-order valence-corrected chi connectivity index (χ2v) is 37.4. The zero-order valence-electron chi connectivity index (χ0n) is 65.0. The Morgan fingerprint density at radius 1 is 0.313 bits per heavy atom. The number of hydrogen-bond donors (Lipinski definition) is 25. The Hall–Kier alpha value is -1.97. The summed E-state index contributed by atoms with van der Waals surface area (Å²) < 4.78 is 111. The number of rotatable bonds is 42. The van der Waals surface area contributed by atoms with Crippen molar-refractivity contribution in [3.8, 4) is 0 Å². The van der Waals surface area contributed by atoms with Crippen LogP contribution in [0, 0.1) is 6.92 Å². The monoisotopic (exact) mass is 1770 g/mol. The smallest absolute Gasteiger partial charge is 0.325 e. The Morgan fingerprint density at radius 2 is 0.565 bits per heavy atom. The number of ether oxygens (including phenoxy) is 10. The van der Waals surface area contributed by atoms with Gasteiger partial charge in [0.05, 0.1) is 93.0 Å². The third-order valence-electron chi connectivity index (χ3n) is 18.4. The van der Waals surface area contributed by atoms with E-state index in [1.165, 1.54) is 4.68 Å². The van der Waals surface area contributed by atoms with Crippen molar-refractivity contribution in [3.63, 3.8) is 0 Å². The van der Waals surface area contributed by atoms with Crippen molar-refractivity contribution in [2.75, 3.05) is 57.2 Å². The molecule has 25 unspecified atom stereocenters. The van der Waals surface area contributed by atoms with E-state index < -0.39 is 222 Å². The molecule has 0 spiro atoms. The Labute approximate surface area is 665 Å². The topological polar surface area (TPSA) is 745 Å². The highest BCUT2D eigenvalue weighted by Gasteiger charge is 2.50. The summed E-state index contributed by atoms with van der Waals surface area (Å²) in [5, 5.41) is 163. The molecule has 0 bridgehead atoms. The second-order valence-electron chi connectivity index (χ2n) is 28.5. The van der Waals surface area contributed by atoms with Crippen LogP contribution >= 0.6 is 38.0 Å². The van der Waals surface area contributed by atoms with Crippen LogP contribution in [0.1, 0.15) is 155 Å². The van der Waals surface area contributed by atoms with E-state index in [1.54, 1.807) is 24.0 Å². The summed E-state index contributed by atoms with van der Waals surface area (Å²) in [4.78, 5) is 88.9. The van der Waals surface area contributed by atoms with Crippen LogP contribution in [0.25, 0.3) is 0 Å². The summed E-state index contributed by atoms with van der Waals surface area (Å²) in [7, 11) is -21.2. The maximum absolute atomic E-state index is 11.0. The van der Waals surface area contributed by atoms with Gasteiger partial charge in [-0.25, -0.2) is 4.68 Å². The van der Waals surface area contributed by atoms with Gasteiger partial charge in [0, 0.05) is 32.6 Å². The molecule has 2 aromatic rings. The van der Waals surface area contributed by atoms with Crippen molar-refractivity contribution < 1.29 is 196 Å². The molecular formula is C64H127N6O40P5. The number of aliphatic hydroxyl groups is 15. The molecule has 0 amide bonds. The standard InChI is InChI=1S/C14H29O8P.C13H24N3O8P.C13H27O8P.C12H22N3O8P.C12H25O8P/c1-2-3-4-5-6-8-21-14-13(17)12(16)11(15)10(22-14)7-9-23(18,19)20;1-2-4-16-6-8(14-15-16)7-23-13-12(19)11(18)10(17)9(24-13)3-5-25(20,21)22;1-2-3-4-5-7-20-13-12(16)11(15)10(14)9(21-13)6-8-22(17,18)19;1-7-6-15(14-13-7)3-4-22-12-11(18)10(17)9(16)8(23-12)2-5-24(19,20)21;1-2-3-4-6-19-12-11(15)10(14)9(13)8(20-12)5-7-21(16,17)18/h10-17H,2-9H2,1H3,(H2,18,19,20);6,9-13,17-19H,2-5,7H2,1H3,(H2,20,21,22);9-16H,2-8H2,1H3,(H2,17,18,19);6,8-12,16-18H,2-5H2,1H3,(H2,19,20,21);8-15H,2-7H2,1H3,(H2,16,17,18). The largest absolute Gasteiger partial charge is 0.388 e. The number of aryl methyl sites for hydroxylation is 2. The van der Waals surface area contributed by atoms with Crippen molar-refractivity contribution in [1.29, 1.82) is 0 Å². The molecule has 5 saturated heterocycles. The van der Waals surface area contributed by atoms with Gasteiger partial charge in [0.25, 0.3) is 0 Å². The lowest BCUT2D eigenvalue weighted by Crippen LogP contribution is -2.58. The van der Waals surface area contributed by atoms with Gasteiger partial charge in [0.15, 0.2) is 31.5 Å². The van der Waals surface area contributed by atoms with E-state index in [2.05, 4.69) is 34.5 Å². The number of hydrogen-bond acceptors (Lipinski definition) is 34. The minimum absolute atomic E-state index is 0.0422. The van der Waals surface area contributed by atoms with Crippen LogP contribution in [0.3, 0.4) is 0 Å². The van der Waals surface area contributed by atoms with Crippen LogP contribution in [0.2, 0.25) is 0 Å². The van der Waals surface area contributed by atoms with Gasteiger partial charge in [-0.3, -0.25) is 27.5 Å². The molecule has 5 aliphatic heterocycles. The van der Waals surface area contributed by atoms with Crippen LogP contribution < -0.4 is 0 Å². The average Bonchev–Trinajstić information content (AvgIpc) is 1.30. The van der Waals surface area contributed by atoms with E-state index in [4.69, 9.17) is 96.3 Å². The highest BCUT2D eigenvalue weighted by Crippen LogP contribution is 2.42. The molecular weight excluding hydrogens is 1650 g/mol. The number of nitrogens with zero attached hydrogens (tertiary/aromatic N) is 6. The van der Waals surface area contributed by atoms with Gasteiger partial charge in [-0.1, -0.05) is 95.9 Å². The molecule has 115 heavy (non-hydrogen) atoms. The molecule has 7 heterocycles. The fourth-order valence-corrected chi connectivity index (χ4v) is 14.8. The first-order valence-corrected chi connectivity index (χ1v) is 47.2. The molecule has 51 heteroatoms. The van der Waals surface area contributed by atoms with Crippen molar-refractivity contribution in [2.24, 2.45) is 0 Å². The molecule has 5 fully saturated rings. The summed E-state index contributed by atoms with van der Waals surface area (Å²) in [5.41, 5.74) is 1.23. The predicted octanol–water partition coefficient (Wildman–Crippen LogP) is -3.57. The lowest BCUT2D eigenvalue weighted by atomic mass is 9.97. The minimum Gasteiger partial charge on any atom is -0.388 e. The predicted molar refractivity (Wildman–Crippen MR) is 397 cm³/mol. The van der Waals surface area contributed by atoms with E-state index >= 15 is 0 Å². The molecule has 7 rings (SSSR count). The summed E-state index contributed by atoms with van der Waals surface area (Å²) >= 11 is 0. The minimum atomic E-state index is -4.28. The Morgan fingerprint density at radius 3 is 0.843 bits per heavy atom. The third kappa shape index (κ3) is 41.4. The molecule has 0 saturated carbocycles. The average molecular weight is 1780 g/mol. The first kappa shape index (κ1) is 107. The zero-order valence-corrected chi connectivity index (χ0v) is 69.5. The van der Waals surface area contributed by atoms with Crippen molar-refractivity contribution in [2.45, 2.75) is 323 Å². The van der Waals surface area contributed by atoms with Crippen LogP contribution in [0.4, 0.5) is 0 Å². The fraction of sp³-hybridized carbons (Fsp3) is 0.938.